The fraction of sp³-hybridized carbons (Fsp3) is 0.522. The van der Waals surface area contributed by atoms with Crippen molar-refractivity contribution < 1.29 is 9.53 Å². The average Bonchev–Trinajstić information content (AvgIpc) is 2.74. The summed E-state index contributed by atoms with van der Waals surface area (Å²) in [5.74, 6) is 0.545. The Labute approximate surface area is 161 Å². The molecule has 4 aliphatic heterocycles. The maximum absolute atomic E-state index is 13.2. The van der Waals surface area contributed by atoms with Crippen molar-refractivity contribution in [2.75, 3.05) is 26.2 Å². The average molecular weight is 364 g/mol. The van der Waals surface area contributed by atoms with Crippen molar-refractivity contribution in [3.63, 3.8) is 0 Å². The summed E-state index contributed by atoms with van der Waals surface area (Å²) in [6, 6.07) is 10.4. The Bertz CT molecular complexity index is 762. The molecule has 2 atom stereocenters. The van der Waals surface area contributed by atoms with Crippen LogP contribution in [0.15, 0.2) is 53.6 Å². The molecule has 1 aliphatic carbocycles. The molecule has 4 heterocycles. The van der Waals surface area contributed by atoms with Crippen molar-refractivity contribution in [3.8, 4) is 0 Å². The van der Waals surface area contributed by atoms with Crippen LogP contribution in [0.3, 0.4) is 0 Å². The first-order valence-electron chi connectivity index (χ1n) is 10.4. The monoisotopic (exact) mass is 364 g/mol. The topological polar surface area (TPSA) is 32.8 Å². The first kappa shape index (κ1) is 17.1. The number of carbonyl (C=O) groups excluding carboxylic acids is 1. The van der Waals surface area contributed by atoms with Crippen LogP contribution in [0.25, 0.3) is 0 Å². The van der Waals surface area contributed by atoms with Gasteiger partial charge >= 0.3 is 6.09 Å². The first-order valence-corrected chi connectivity index (χ1v) is 10.4. The van der Waals surface area contributed by atoms with Crippen LogP contribution in [0.4, 0.5) is 4.79 Å². The molecule has 0 aromatic heterocycles. The van der Waals surface area contributed by atoms with Gasteiger partial charge in [-0.05, 0) is 67.8 Å². The number of ether oxygens (including phenoxy) is 1. The second kappa shape index (κ2) is 7.16. The van der Waals surface area contributed by atoms with Gasteiger partial charge < -0.3 is 4.74 Å². The Morgan fingerprint density at radius 1 is 1.00 bits per heavy atom. The molecule has 0 N–H and O–H groups in total. The zero-order chi connectivity index (χ0) is 18.2. The smallest absolute Gasteiger partial charge is 0.410 e. The molecule has 6 rings (SSSR count). The molecule has 0 unspecified atom stereocenters. The number of hydrogen-bond acceptors (Lipinski definition) is 3. The summed E-state index contributed by atoms with van der Waals surface area (Å²) in [6.45, 7) is 3.98. The molecule has 4 fully saturated rings. The molecule has 1 amide bonds. The third-order valence-electron chi connectivity index (χ3n) is 6.72. The van der Waals surface area contributed by atoms with E-state index >= 15 is 0 Å². The third kappa shape index (κ3) is 3.20. The van der Waals surface area contributed by atoms with Crippen LogP contribution in [0, 0.1) is 5.92 Å². The van der Waals surface area contributed by atoms with Gasteiger partial charge in [0.15, 0.2) is 0 Å². The van der Waals surface area contributed by atoms with Gasteiger partial charge in [0.2, 0.25) is 0 Å². The van der Waals surface area contributed by atoms with Gasteiger partial charge in [0.25, 0.3) is 0 Å². The van der Waals surface area contributed by atoms with Crippen molar-refractivity contribution in [1.82, 2.24) is 9.80 Å². The maximum atomic E-state index is 13.2. The Morgan fingerprint density at radius 3 is 2.52 bits per heavy atom. The van der Waals surface area contributed by atoms with E-state index in [9.17, 15) is 4.79 Å². The molecule has 142 valence electrons. The molecule has 0 saturated carbocycles. The minimum atomic E-state index is -0.131. The summed E-state index contributed by atoms with van der Waals surface area (Å²) < 4.78 is 6.09. The van der Waals surface area contributed by atoms with Crippen LogP contribution in [-0.4, -0.2) is 48.2 Å². The second-order valence-corrected chi connectivity index (χ2v) is 8.28. The molecule has 2 bridgehead atoms. The molecule has 4 heteroatoms. The highest BCUT2D eigenvalue weighted by Crippen LogP contribution is 2.41. The minimum Gasteiger partial charge on any atom is -0.444 e. The number of amides is 1. The van der Waals surface area contributed by atoms with E-state index in [1.165, 1.54) is 16.7 Å². The highest BCUT2D eigenvalue weighted by Gasteiger charge is 2.40. The lowest BCUT2D eigenvalue weighted by atomic mass is 9.82. The fourth-order valence-corrected chi connectivity index (χ4v) is 5.25. The fourth-order valence-electron chi connectivity index (χ4n) is 5.25. The number of carbonyl (C=O) groups is 1. The van der Waals surface area contributed by atoms with Crippen LogP contribution in [0.5, 0.6) is 0 Å². The van der Waals surface area contributed by atoms with E-state index in [-0.39, 0.29) is 18.2 Å². The Morgan fingerprint density at radius 2 is 1.78 bits per heavy atom. The summed E-state index contributed by atoms with van der Waals surface area (Å²) in [4.78, 5) is 17.7. The predicted octanol–water partition coefficient (Wildman–Crippen LogP) is 4.31. The van der Waals surface area contributed by atoms with Crippen LogP contribution in [-0.2, 0) is 4.74 Å². The Kier molecular flexibility index (Phi) is 4.52. The lowest BCUT2D eigenvalue weighted by Crippen LogP contribution is -2.53. The molecule has 5 aliphatic rings. The van der Waals surface area contributed by atoms with Crippen LogP contribution in [0.2, 0.25) is 0 Å². The lowest BCUT2D eigenvalue weighted by molar-refractivity contribution is -0.0464. The van der Waals surface area contributed by atoms with Gasteiger partial charge in [-0.25, -0.2) is 4.79 Å². The zero-order valence-corrected chi connectivity index (χ0v) is 15.8. The maximum Gasteiger partial charge on any atom is 0.410 e. The molecular weight excluding hydrogens is 336 g/mol. The highest BCUT2D eigenvalue weighted by atomic mass is 16.6. The van der Waals surface area contributed by atoms with Gasteiger partial charge in [-0.15, -0.1) is 0 Å². The number of likely N-dealkylation sites (tertiary alicyclic amines) is 1. The summed E-state index contributed by atoms with van der Waals surface area (Å²) in [5.41, 5.74) is 3.91. The van der Waals surface area contributed by atoms with E-state index in [2.05, 4.69) is 41.3 Å². The molecule has 4 nitrogen and oxygen atoms in total. The zero-order valence-electron chi connectivity index (χ0n) is 15.8. The number of piperidine rings is 4. The molecular formula is C23H28N2O2. The Balaban J connectivity index is 1.40. The van der Waals surface area contributed by atoms with Gasteiger partial charge in [0.1, 0.15) is 6.10 Å². The van der Waals surface area contributed by atoms with Crippen molar-refractivity contribution in [2.24, 2.45) is 5.92 Å². The largest absolute Gasteiger partial charge is 0.444 e. The number of benzene rings is 1. The summed E-state index contributed by atoms with van der Waals surface area (Å²) in [7, 11) is 0. The van der Waals surface area contributed by atoms with E-state index in [4.69, 9.17) is 4.74 Å². The number of nitrogens with zero attached hydrogens (tertiary/aromatic N) is 2. The highest BCUT2D eigenvalue weighted by molar-refractivity contribution is 5.71. The van der Waals surface area contributed by atoms with E-state index in [0.29, 0.717) is 5.92 Å². The molecule has 0 radical (unpaired) electrons. The van der Waals surface area contributed by atoms with Crippen LogP contribution >= 0.6 is 0 Å². The van der Waals surface area contributed by atoms with Gasteiger partial charge in [-0.2, -0.15) is 0 Å². The van der Waals surface area contributed by atoms with Gasteiger partial charge in [0, 0.05) is 13.1 Å². The number of rotatable bonds is 2. The quantitative estimate of drug-likeness (QED) is 0.784. The van der Waals surface area contributed by atoms with Crippen LogP contribution < -0.4 is 0 Å². The van der Waals surface area contributed by atoms with Crippen molar-refractivity contribution >= 4 is 6.09 Å². The van der Waals surface area contributed by atoms with Crippen molar-refractivity contribution in [3.05, 3.63) is 59.2 Å². The molecule has 1 aromatic carbocycles. The predicted molar refractivity (Wildman–Crippen MR) is 105 cm³/mol. The minimum absolute atomic E-state index is 0.0138. The van der Waals surface area contributed by atoms with E-state index in [0.717, 1.165) is 58.3 Å². The normalized spacial score (nSPS) is 32.4. The van der Waals surface area contributed by atoms with Crippen LogP contribution in [0.1, 0.15) is 43.7 Å². The second-order valence-electron chi connectivity index (χ2n) is 8.28. The number of allylic oxidation sites excluding steroid dienone is 2. The van der Waals surface area contributed by atoms with Gasteiger partial charge in [-0.3, -0.25) is 9.80 Å². The van der Waals surface area contributed by atoms with E-state index < -0.39 is 0 Å². The number of fused-ring (bicyclic) bond motifs is 4. The van der Waals surface area contributed by atoms with Crippen molar-refractivity contribution in [1.29, 1.82) is 0 Å². The van der Waals surface area contributed by atoms with Crippen molar-refractivity contribution in [2.45, 2.75) is 44.2 Å². The van der Waals surface area contributed by atoms with Gasteiger partial charge in [-0.1, -0.05) is 42.5 Å². The standard InChI is InChI=1S/C23H28N2O2/c26-23(27-21-16-24-13-10-18(21)11-14-24)25-15-12-17-6-4-5-9-20(17)22(25)19-7-2-1-3-8-19/h1-3,6-9,18,21-22H,4-5,10-16H2/t21-,22+/m0/s1. The summed E-state index contributed by atoms with van der Waals surface area (Å²) >= 11 is 0. The molecule has 0 spiro atoms. The summed E-state index contributed by atoms with van der Waals surface area (Å²) in [6.07, 6.45) is 10.1. The third-order valence-corrected chi connectivity index (χ3v) is 6.72. The Hall–Kier alpha value is -2.07. The summed E-state index contributed by atoms with van der Waals surface area (Å²) in [5, 5.41) is 0. The van der Waals surface area contributed by atoms with Gasteiger partial charge in [0.05, 0.1) is 6.04 Å². The SMILES string of the molecule is O=C(O[C@H]1CN2CCC1CC2)N1CCC2=CCCC=C2[C@H]1c1ccccc1. The first-order chi connectivity index (χ1) is 13.3. The van der Waals surface area contributed by atoms with E-state index in [1.54, 1.807) is 0 Å². The number of hydrogen-bond donors (Lipinski definition) is 0. The molecule has 27 heavy (non-hydrogen) atoms. The molecule has 4 saturated heterocycles. The molecule has 1 aromatic rings. The lowest BCUT2D eigenvalue weighted by Gasteiger charge is -2.45. The van der Waals surface area contributed by atoms with E-state index in [1.807, 2.05) is 11.0 Å².